The molecule has 1 N–H and O–H groups in total. The molecule has 0 saturated carbocycles. The van der Waals surface area contributed by atoms with Gasteiger partial charge in [0.15, 0.2) is 0 Å². The van der Waals surface area contributed by atoms with Crippen LogP contribution in [0.5, 0.6) is 0 Å². The predicted molar refractivity (Wildman–Crippen MR) is 85.2 cm³/mol. The Labute approximate surface area is 127 Å². The zero-order chi connectivity index (χ0) is 15.2. The van der Waals surface area contributed by atoms with Crippen molar-refractivity contribution >= 4 is 0 Å². The molecule has 0 aliphatic carbocycles. The number of aromatic nitrogens is 4. The molecule has 2 aromatic rings. The van der Waals surface area contributed by atoms with Gasteiger partial charge in [-0.2, -0.15) is 5.10 Å². The number of nitrogens with one attached hydrogen (secondary N) is 1. The summed E-state index contributed by atoms with van der Waals surface area (Å²) in [7, 11) is 1.98. The van der Waals surface area contributed by atoms with E-state index in [1.165, 1.54) is 5.56 Å². The second-order valence-electron chi connectivity index (χ2n) is 5.42. The first-order valence-electron chi connectivity index (χ1n) is 7.98. The van der Waals surface area contributed by atoms with Crippen molar-refractivity contribution in [3.63, 3.8) is 0 Å². The van der Waals surface area contributed by atoms with Crippen LogP contribution in [0.25, 0.3) is 0 Å². The first-order valence-corrected chi connectivity index (χ1v) is 7.98. The Bertz CT molecular complexity index is 555. The van der Waals surface area contributed by atoms with Crippen LogP contribution in [0.1, 0.15) is 56.7 Å². The van der Waals surface area contributed by atoms with Gasteiger partial charge in [0.1, 0.15) is 5.82 Å². The second-order valence-corrected chi connectivity index (χ2v) is 5.42. The molecule has 0 aromatic carbocycles. The number of rotatable bonds is 8. The second kappa shape index (κ2) is 7.41. The van der Waals surface area contributed by atoms with E-state index in [2.05, 4.69) is 53.1 Å². The van der Waals surface area contributed by atoms with Crippen LogP contribution in [-0.4, -0.2) is 25.9 Å². The Morgan fingerprint density at radius 1 is 1.24 bits per heavy atom. The van der Waals surface area contributed by atoms with Crippen molar-refractivity contribution in [2.45, 2.75) is 52.6 Å². The Kier molecular flexibility index (Phi) is 5.56. The third-order valence-corrected chi connectivity index (χ3v) is 3.65. The van der Waals surface area contributed by atoms with Crippen molar-refractivity contribution in [3.8, 4) is 0 Å². The van der Waals surface area contributed by atoms with Gasteiger partial charge in [-0.25, -0.2) is 4.98 Å². The van der Waals surface area contributed by atoms with Gasteiger partial charge in [-0.1, -0.05) is 20.8 Å². The maximum absolute atomic E-state index is 4.61. The van der Waals surface area contributed by atoms with E-state index in [0.29, 0.717) is 0 Å². The molecule has 0 saturated heterocycles. The van der Waals surface area contributed by atoms with Crippen LogP contribution in [0.4, 0.5) is 0 Å². The molecule has 0 aliphatic rings. The number of hydrogen-bond donors (Lipinski definition) is 1. The molecule has 0 fully saturated rings. The zero-order valence-corrected chi connectivity index (χ0v) is 13.6. The summed E-state index contributed by atoms with van der Waals surface area (Å²) in [4.78, 5) is 4.61. The first-order chi connectivity index (χ1) is 10.2. The van der Waals surface area contributed by atoms with Gasteiger partial charge in [0.05, 0.1) is 11.7 Å². The fourth-order valence-corrected chi connectivity index (χ4v) is 2.71. The SMILES string of the molecule is CCCNC(c1cn(C)nc1CC)c1nccn1CCC. The predicted octanol–water partition coefficient (Wildman–Crippen LogP) is 2.68. The topological polar surface area (TPSA) is 47.7 Å². The van der Waals surface area contributed by atoms with Gasteiger partial charge in [0.25, 0.3) is 0 Å². The molecule has 5 nitrogen and oxygen atoms in total. The van der Waals surface area contributed by atoms with Gasteiger partial charge in [0.2, 0.25) is 0 Å². The molecule has 21 heavy (non-hydrogen) atoms. The smallest absolute Gasteiger partial charge is 0.130 e. The zero-order valence-electron chi connectivity index (χ0n) is 13.6. The summed E-state index contributed by atoms with van der Waals surface area (Å²) in [6.45, 7) is 8.51. The Balaban J connectivity index is 2.39. The summed E-state index contributed by atoms with van der Waals surface area (Å²) in [6, 6.07) is 0.121. The molecular weight excluding hydrogens is 262 g/mol. The standard InChI is InChI=1S/C16H27N5/c1-5-8-17-15(13-12-20(4)19-14(13)7-3)16-18-9-11-21(16)10-6-2/h9,11-12,15,17H,5-8,10H2,1-4H3. The minimum absolute atomic E-state index is 0.121. The van der Waals surface area contributed by atoms with E-state index in [4.69, 9.17) is 0 Å². The largest absolute Gasteiger partial charge is 0.333 e. The van der Waals surface area contributed by atoms with E-state index < -0.39 is 0 Å². The van der Waals surface area contributed by atoms with Gasteiger partial charge in [-0.3, -0.25) is 4.68 Å². The maximum Gasteiger partial charge on any atom is 0.130 e. The molecule has 0 bridgehead atoms. The van der Waals surface area contributed by atoms with E-state index in [0.717, 1.165) is 43.9 Å². The van der Waals surface area contributed by atoms with E-state index in [-0.39, 0.29) is 6.04 Å². The summed E-state index contributed by atoms with van der Waals surface area (Å²) in [6.07, 6.45) is 9.24. The Hall–Kier alpha value is -1.62. The van der Waals surface area contributed by atoms with Crippen LogP contribution in [0.3, 0.4) is 0 Å². The fraction of sp³-hybridized carbons (Fsp3) is 0.625. The minimum Gasteiger partial charge on any atom is -0.333 e. The average Bonchev–Trinajstić information content (AvgIpc) is 3.07. The normalized spacial score (nSPS) is 12.8. The van der Waals surface area contributed by atoms with Crippen LogP contribution in [0, 0.1) is 0 Å². The quantitative estimate of drug-likeness (QED) is 0.813. The lowest BCUT2D eigenvalue weighted by atomic mass is 10.1. The molecule has 0 spiro atoms. The van der Waals surface area contributed by atoms with Crippen LogP contribution in [0.2, 0.25) is 0 Å². The number of nitrogens with zero attached hydrogens (tertiary/aromatic N) is 4. The molecule has 0 aliphatic heterocycles. The summed E-state index contributed by atoms with van der Waals surface area (Å²) < 4.78 is 4.15. The fourth-order valence-electron chi connectivity index (χ4n) is 2.71. The van der Waals surface area contributed by atoms with Gasteiger partial charge in [-0.05, 0) is 25.8 Å². The third-order valence-electron chi connectivity index (χ3n) is 3.65. The Morgan fingerprint density at radius 3 is 2.71 bits per heavy atom. The highest BCUT2D eigenvalue weighted by Crippen LogP contribution is 2.24. The molecule has 2 rings (SSSR count). The molecule has 0 radical (unpaired) electrons. The highest BCUT2D eigenvalue weighted by molar-refractivity contribution is 5.27. The molecule has 1 atom stereocenters. The average molecular weight is 289 g/mol. The van der Waals surface area contributed by atoms with Gasteiger partial charge < -0.3 is 9.88 Å². The van der Waals surface area contributed by atoms with Crippen molar-refractivity contribution < 1.29 is 0 Å². The molecule has 2 heterocycles. The Morgan fingerprint density at radius 2 is 2.05 bits per heavy atom. The lowest BCUT2D eigenvalue weighted by molar-refractivity contribution is 0.527. The third kappa shape index (κ3) is 3.53. The molecule has 2 aromatic heterocycles. The van der Waals surface area contributed by atoms with E-state index >= 15 is 0 Å². The first kappa shape index (κ1) is 15.8. The van der Waals surface area contributed by atoms with Crippen LogP contribution >= 0.6 is 0 Å². The van der Waals surface area contributed by atoms with Gasteiger partial charge >= 0.3 is 0 Å². The van der Waals surface area contributed by atoms with Crippen LogP contribution < -0.4 is 5.32 Å². The lowest BCUT2D eigenvalue weighted by Crippen LogP contribution is -2.27. The maximum atomic E-state index is 4.61. The van der Waals surface area contributed by atoms with Crippen molar-refractivity contribution in [2.24, 2.45) is 7.05 Å². The summed E-state index contributed by atoms with van der Waals surface area (Å²) in [5.41, 5.74) is 2.40. The van der Waals surface area contributed by atoms with Gasteiger partial charge in [-0.15, -0.1) is 0 Å². The van der Waals surface area contributed by atoms with E-state index in [1.54, 1.807) is 0 Å². The van der Waals surface area contributed by atoms with Crippen LogP contribution in [0.15, 0.2) is 18.6 Å². The van der Waals surface area contributed by atoms with Crippen molar-refractivity contribution in [2.75, 3.05) is 6.54 Å². The minimum atomic E-state index is 0.121. The molecule has 1 unspecified atom stereocenters. The van der Waals surface area contributed by atoms with Crippen LogP contribution in [-0.2, 0) is 20.0 Å². The summed E-state index contributed by atoms with van der Waals surface area (Å²) in [5.74, 6) is 1.09. The highest BCUT2D eigenvalue weighted by Gasteiger charge is 2.23. The van der Waals surface area contributed by atoms with E-state index in [1.807, 2.05) is 17.9 Å². The molecular formula is C16H27N5. The monoisotopic (exact) mass is 289 g/mol. The number of imidazole rings is 1. The lowest BCUT2D eigenvalue weighted by Gasteiger charge is -2.19. The molecule has 0 amide bonds. The van der Waals surface area contributed by atoms with Crippen molar-refractivity contribution in [1.82, 2.24) is 24.6 Å². The van der Waals surface area contributed by atoms with Crippen molar-refractivity contribution in [1.29, 1.82) is 0 Å². The van der Waals surface area contributed by atoms with Gasteiger partial charge in [0, 0.05) is 37.7 Å². The van der Waals surface area contributed by atoms with E-state index in [9.17, 15) is 0 Å². The van der Waals surface area contributed by atoms with Crippen molar-refractivity contribution in [3.05, 3.63) is 35.7 Å². The number of hydrogen-bond acceptors (Lipinski definition) is 3. The highest BCUT2D eigenvalue weighted by atomic mass is 15.3. The molecule has 5 heteroatoms. The summed E-state index contributed by atoms with van der Waals surface area (Å²) >= 11 is 0. The summed E-state index contributed by atoms with van der Waals surface area (Å²) in [5, 5.41) is 8.22. The molecule has 116 valence electrons. The number of aryl methyl sites for hydroxylation is 3.